The highest BCUT2D eigenvalue weighted by Gasteiger charge is 2.26. The van der Waals surface area contributed by atoms with Crippen LogP contribution in [-0.4, -0.2) is 34.7 Å². The average Bonchev–Trinajstić information content (AvgIpc) is 3.18. The molecule has 1 aromatic heterocycles. The van der Waals surface area contributed by atoms with Crippen LogP contribution in [0.2, 0.25) is 10.0 Å². The Kier molecular flexibility index (Phi) is 6.96. The molecule has 0 aliphatic heterocycles. The summed E-state index contributed by atoms with van der Waals surface area (Å²) < 4.78 is 7.50. The molecule has 7 heteroatoms. The Balaban J connectivity index is 1.61. The maximum atomic E-state index is 12.8. The minimum Gasteiger partial charge on any atom is -0.379 e. The van der Waals surface area contributed by atoms with Crippen molar-refractivity contribution < 1.29 is 9.53 Å². The molecule has 1 saturated carbocycles. The molecule has 2 atom stereocenters. The monoisotopic (exact) mass is 457 g/mol. The van der Waals surface area contributed by atoms with Gasteiger partial charge >= 0.3 is 0 Å². The predicted octanol–water partition coefficient (Wildman–Crippen LogP) is 5.46. The Morgan fingerprint density at radius 1 is 1.13 bits per heavy atom. The van der Waals surface area contributed by atoms with E-state index in [4.69, 9.17) is 32.9 Å². The molecule has 5 nitrogen and oxygen atoms in total. The number of imidazole rings is 1. The first-order chi connectivity index (χ1) is 15.0. The van der Waals surface area contributed by atoms with E-state index in [1.807, 2.05) is 59.3 Å². The molecule has 2 aromatic carbocycles. The molecule has 0 bridgehead atoms. The lowest BCUT2D eigenvalue weighted by Crippen LogP contribution is -2.46. The van der Waals surface area contributed by atoms with Crippen molar-refractivity contribution in [3.05, 3.63) is 70.5 Å². The van der Waals surface area contributed by atoms with Gasteiger partial charge in [0, 0.05) is 29.6 Å². The normalized spacial score (nSPS) is 18.7. The summed E-state index contributed by atoms with van der Waals surface area (Å²) in [6.07, 6.45) is 6.30. The van der Waals surface area contributed by atoms with E-state index in [1.165, 1.54) is 0 Å². The number of benzene rings is 2. The van der Waals surface area contributed by atoms with Crippen molar-refractivity contribution in [2.45, 2.75) is 44.2 Å². The zero-order valence-electron chi connectivity index (χ0n) is 17.4. The van der Waals surface area contributed by atoms with E-state index < -0.39 is 0 Å². The lowest BCUT2D eigenvalue weighted by atomic mass is 9.92. The molecule has 0 spiro atoms. The SMILES string of the molecule is CO[C@H]1CCCC[C@H]1NC(=O)Cc1cn(-c2ccc(Cl)cc2)c(-c2ccccc2Cl)n1. The van der Waals surface area contributed by atoms with E-state index in [0.717, 1.165) is 36.9 Å². The highest BCUT2D eigenvalue weighted by molar-refractivity contribution is 6.33. The Hall–Kier alpha value is -2.34. The van der Waals surface area contributed by atoms with Crippen molar-refractivity contribution in [3.63, 3.8) is 0 Å². The summed E-state index contributed by atoms with van der Waals surface area (Å²) in [5, 5.41) is 4.40. The number of carbonyl (C=O) groups excluding carboxylic acids is 1. The molecule has 0 unspecified atom stereocenters. The number of carbonyl (C=O) groups is 1. The maximum absolute atomic E-state index is 12.8. The van der Waals surface area contributed by atoms with Gasteiger partial charge in [0.25, 0.3) is 0 Å². The summed E-state index contributed by atoms with van der Waals surface area (Å²) in [5.41, 5.74) is 2.37. The fraction of sp³-hybridized carbons (Fsp3) is 0.333. The van der Waals surface area contributed by atoms with Crippen LogP contribution >= 0.6 is 23.2 Å². The number of halogens is 2. The highest BCUT2D eigenvalue weighted by atomic mass is 35.5. The average molecular weight is 458 g/mol. The zero-order chi connectivity index (χ0) is 21.8. The van der Waals surface area contributed by atoms with Gasteiger partial charge < -0.3 is 10.1 Å². The molecule has 1 aliphatic rings. The van der Waals surface area contributed by atoms with Crippen LogP contribution in [0.4, 0.5) is 0 Å². The van der Waals surface area contributed by atoms with Crippen LogP contribution in [0.5, 0.6) is 0 Å². The molecule has 1 aliphatic carbocycles. The molecule has 1 fully saturated rings. The number of nitrogens with one attached hydrogen (secondary N) is 1. The minimum absolute atomic E-state index is 0.0487. The van der Waals surface area contributed by atoms with Gasteiger partial charge in [-0.15, -0.1) is 0 Å². The first kappa shape index (κ1) is 21.9. The molecule has 1 heterocycles. The topological polar surface area (TPSA) is 56.1 Å². The third-order valence-corrected chi connectivity index (χ3v) is 6.25. The van der Waals surface area contributed by atoms with Crippen molar-refractivity contribution in [1.29, 1.82) is 0 Å². The molecule has 1 amide bonds. The molecule has 1 N–H and O–H groups in total. The van der Waals surface area contributed by atoms with Crippen LogP contribution in [0.15, 0.2) is 54.7 Å². The summed E-state index contributed by atoms with van der Waals surface area (Å²) in [5.74, 6) is 0.628. The Morgan fingerprint density at radius 2 is 1.87 bits per heavy atom. The molecule has 4 rings (SSSR count). The molecular formula is C24H25Cl2N3O2. The standard InChI is InChI=1S/C24H25Cl2N3O2/c1-31-22-9-5-4-8-21(22)28-23(30)14-17-15-29(18-12-10-16(25)11-13-18)24(27-17)19-6-2-3-7-20(19)26/h2-3,6-7,10-13,15,21-22H,4-5,8-9,14H2,1H3,(H,28,30)/t21-,22+/m1/s1. The minimum atomic E-state index is -0.0552. The van der Waals surface area contributed by atoms with Gasteiger partial charge in [0.2, 0.25) is 5.91 Å². The number of hydrogen-bond donors (Lipinski definition) is 1. The van der Waals surface area contributed by atoms with E-state index in [1.54, 1.807) is 7.11 Å². The quantitative estimate of drug-likeness (QED) is 0.534. The second-order valence-electron chi connectivity index (χ2n) is 7.79. The van der Waals surface area contributed by atoms with Crippen molar-refractivity contribution in [2.75, 3.05) is 7.11 Å². The molecule has 0 radical (unpaired) electrons. The molecule has 162 valence electrons. The number of nitrogens with zero attached hydrogens (tertiary/aromatic N) is 2. The number of methoxy groups -OCH3 is 1. The summed E-state index contributed by atoms with van der Waals surface area (Å²) in [7, 11) is 1.71. The first-order valence-electron chi connectivity index (χ1n) is 10.5. The molecule has 3 aromatic rings. The Bertz CT molecular complexity index is 1050. The van der Waals surface area contributed by atoms with Crippen LogP contribution < -0.4 is 5.32 Å². The number of rotatable bonds is 6. The smallest absolute Gasteiger partial charge is 0.226 e. The third-order valence-electron chi connectivity index (χ3n) is 5.67. The van der Waals surface area contributed by atoms with Gasteiger partial charge in [0.1, 0.15) is 5.82 Å². The van der Waals surface area contributed by atoms with Crippen LogP contribution in [0.3, 0.4) is 0 Å². The first-order valence-corrected chi connectivity index (χ1v) is 11.2. The van der Waals surface area contributed by atoms with E-state index in [9.17, 15) is 4.79 Å². The van der Waals surface area contributed by atoms with Gasteiger partial charge in [-0.3, -0.25) is 9.36 Å². The Morgan fingerprint density at radius 3 is 2.61 bits per heavy atom. The van der Waals surface area contributed by atoms with E-state index in [0.29, 0.717) is 21.6 Å². The lowest BCUT2D eigenvalue weighted by molar-refractivity contribution is -0.122. The number of amides is 1. The Labute approximate surface area is 192 Å². The van der Waals surface area contributed by atoms with Gasteiger partial charge in [0.15, 0.2) is 0 Å². The number of hydrogen-bond acceptors (Lipinski definition) is 3. The fourth-order valence-electron chi connectivity index (χ4n) is 4.11. The van der Waals surface area contributed by atoms with Crippen LogP contribution in [0.1, 0.15) is 31.4 Å². The van der Waals surface area contributed by atoms with Gasteiger partial charge in [0.05, 0.1) is 29.3 Å². The van der Waals surface area contributed by atoms with Crippen molar-refractivity contribution >= 4 is 29.1 Å². The summed E-state index contributed by atoms with van der Waals surface area (Å²) in [6, 6.07) is 15.1. The van der Waals surface area contributed by atoms with E-state index >= 15 is 0 Å². The van der Waals surface area contributed by atoms with Gasteiger partial charge in [-0.25, -0.2) is 4.98 Å². The summed E-state index contributed by atoms with van der Waals surface area (Å²) in [6.45, 7) is 0. The number of ether oxygens (including phenoxy) is 1. The van der Waals surface area contributed by atoms with Crippen molar-refractivity contribution in [1.82, 2.24) is 14.9 Å². The van der Waals surface area contributed by atoms with Crippen molar-refractivity contribution in [2.24, 2.45) is 0 Å². The van der Waals surface area contributed by atoms with E-state index in [-0.39, 0.29) is 24.5 Å². The number of aromatic nitrogens is 2. The molecule has 31 heavy (non-hydrogen) atoms. The second-order valence-corrected chi connectivity index (χ2v) is 8.64. The van der Waals surface area contributed by atoms with Gasteiger partial charge in [-0.2, -0.15) is 0 Å². The molecular weight excluding hydrogens is 433 g/mol. The van der Waals surface area contributed by atoms with Gasteiger partial charge in [-0.1, -0.05) is 48.2 Å². The largest absolute Gasteiger partial charge is 0.379 e. The highest BCUT2D eigenvalue weighted by Crippen LogP contribution is 2.30. The molecule has 0 saturated heterocycles. The van der Waals surface area contributed by atoms with Crippen LogP contribution in [0, 0.1) is 0 Å². The predicted molar refractivity (Wildman–Crippen MR) is 124 cm³/mol. The summed E-state index contributed by atoms with van der Waals surface area (Å²) >= 11 is 12.5. The third kappa shape index (κ3) is 5.12. The van der Waals surface area contributed by atoms with Crippen LogP contribution in [-0.2, 0) is 16.0 Å². The fourth-order valence-corrected chi connectivity index (χ4v) is 4.46. The summed E-state index contributed by atoms with van der Waals surface area (Å²) in [4.78, 5) is 17.6. The zero-order valence-corrected chi connectivity index (χ0v) is 18.9. The van der Waals surface area contributed by atoms with E-state index in [2.05, 4.69) is 5.32 Å². The van der Waals surface area contributed by atoms with Crippen molar-refractivity contribution in [3.8, 4) is 17.1 Å². The lowest BCUT2D eigenvalue weighted by Gasteiger charge is -2.30. The maximum Gasteiger partial charge on any atom is 0.226 e. The second kappa shape index (κ2) is 9.86. The van der Waals surface area contributed by atoms with Gasteiger partial charge in [-0.05, 0) is 49.2 Å². The van der Waals surface area contributed by atoms with Crippen LogP contribution in [0.25, 0.3) is 17.1 Å².